The summed E-state index contributed by atoms with van der Waals surface area (Å²) in [4.78, 5) is 23.7. The fourth-order valence-electron chi connectivity index (χ4n) is 0.990. The van der Waals surface area contributed by atoms with E-state index >= 15 is 0 Å². The molecule has 1 heterocycles. The van der Waals surface area contributed by atoms with Crippen molar-refractivity contribution in [3.05, 3.63) is 18.5 Å². The predicted octanol–water partition coefficient (Wildman–Crippen LogP) is 0.355. The van der Waals surface area contributed by atoms with Crippen LogP contribution in [0.3, 0.4) is 0 Å². The highest BCUT2D eigenvalue weighted by atomic mass is 16.4. The number of hydrogen-bond donors (Lipinski definition) is 4. The number of hydrogen-bond acceptors (Lipinski definition) is 3. The Labute approximate surface area is 79.6 Å². The summed E-state index contributed by atoms with van der Waals surface area (Å²) >= 11 is 0. The Kier molecular flexibility index (Phi) is 3.11. The van der Waals surface area contributed by atoms with Gasteiger partial charge in [0.05, 0.1) is 12.1 Å². The first kappa shape index (κ1) is 10.1. The fourth-order valence-corrected chi connectivity index (χ4v) is 0.990. The van der Waals surface area contributed by atoms with Crippen molar-refractivity contribution in [2.75, 3.05) is 5.32 Å². The highest BCUT2D eigenvalue weighted by Crippen LogP contribution is 2.08. The monoisotopic (exact) mass is 198 g/mol. The third-order valence-electron chi connectivity index (χ3n) is 1.62. The van der Waals surface area contributed by atoms with E-state index in [0.29, 0.717) is 5.69 Å². The van der Waals surface area contributed by atoms with Gasteiger partial charge in [0, 0.05) is 12.4 Å². The van der Waals surface area contributed by atoms with Crippen LogP contribution in [0.2, 0.25) is 0 Å². The van der Waals surface area contributed by atoms with E-state index in [1.165, 1.54) is 0 Å². The van der Waals surface area contributed by atoms with Crippen molar-refractivity contribution in [1.82, 2.24) is 4.98 Å². The number of nitrogens with one attached hydrogen (secondary N) is 2. The standard InChI is InChI=1S/C8H10N2O4/c11-7(12)3-6(8(13)14)10-5-1-2-9-4-5/h1-2,4,6,9-10H,3H2,(H,11,12)(H,13,14). The molecule has 1 unspecified atom stereocenters. The first-order valence-corrected chi connectivity index (χ1v) is 3.93. The molecule has 0 radical (unpaired) electrons. The zero-order valence-electron chi connectivity index (χ0n) is 7.23. The second kappa shape index (κ2) is 4.31. The molecular formula is C8H10N2O4. The molecule has 0 aromatic carbocycles. The number of carbonyl (C=O) groups is 2. The minimum atomic E-state index is -1.19. The summed E-state index contributed by atoms with van der Waals surface area (Å²) in [6.45, 7) is 0. The number of carboxylic acid groups (broad SMARTS) is 2. The van der Waals surface area contributed by atoms with Gasteiger partial charge in [0.1, 0.15) is 6.04 Å². The van der Waals surface area contributed by atoms with Gasteiger partial charge < -0.3 is 20.5 Å². The molecule has 0 aliphatic heterocycles. The molecule has 1 atom stereocenters. The first-order valence-electron chi connectivity index (χ1n) is 3.93. The summed E-state index contributed by atoms with van der Waals surface area (Å²) in [7, 11) is 0. The maximum atomic E-state index is 10.6. The molecule has 4 N–H and O–H groups in total. The summed E-state index contributed by atoms with van der Waals surface area (Å²) in [5, 5.41) is 19.7. The molecule has 1 aromatic heterocycles. The molecule has 0 saturated carbocycles. The molecule has 1 rings (SSSR count). The molecule has 1 aromatic rings. The van der Waals surface area contributed by atoms with Gasteiger partial charge in [0.25, 0.3) is 0 Å². The molecule has 0 amide bonds. The highest BCUT2D eigenvalue weighted by molar-refractivity contribution is 5.83. The average Bonchev–Trinajstić information content (AvgIpc) is 2.54. The maximum absolute atomic E-state index is 10.6. The number of H-pyrrole nitrogens is 1. The fraction of sp³-hybridized carbons (Fsp3) is 0.250. The van der Waals surface area contributed by atoms with Gasteiger partial charge in [-0.1, -0.05) is 0 Å². The molecule has 6 heteroatoms. The lowest BCUT2D eigenvalue weighted by Crippen LogP contribution is -2.31. The van der Waals surface area contributed by atoms with E-state index < -0.39 is 24.4 Å². The summed E-state index contributed by atoms with van der Waals surface area (Å²) in [5.74, 6) is -2.34. The molecule has 0 saturated heterocycles. The molecule has 0 spiro atoms. The molecular weight excluding hydrogens is 188 g/mol. The van der Waals surface area contributed by atoms with Gasteiger partial charge in [0.15, 0.2) is 0 Å². The molecule has 0 aliphatic carbocycles. The zero-order valence-corrected chi connectivity index (χ0v) is 7.23. The van der Waals surface area contributed by atoms with Crippen LogP contribution >= 0.6 is 0 Å². The van der Waals surface area contributed by atoms with Gasteiger partial charge in [-0.15, -0.1) is 0 Å². The Morgan fingerprint density at radius 1 is 1.50 bits per heavy atom. The van der Waals surface area contributed by atoms with Crippen LogP contribution in [-0.2, 0) is 9.59 Å². The van der Waals surface area contributed by atoms with Crippen LogP contribution in [0.4, 0.5) is 5.69 Å². The van der Waals surface area contributed by atoms with Crippen molar-refractivity contribution in [3.63, 3.8) is 0 Å². The van der Waals surface area contributed by atoms with E-state index in [0.717, 1.165) is 0 Å². The van der Waals surface area contributed by atoms with Crippen LogP contribution < -0.4 is 5.32 Å². The summed E-state index contributed by atoms with van der Waals surface area (Å²) in [6.07, 6.45) is 2.71. The van der Waals surface area contributed by atoms with Gasteiger partial charge >= 0.3 is 11.9 Å². The molecule has 0 fully saturated rings. The van der Waals surface area contributed by atoms with Gasteiger partial charge in [-0.25, -0.2) is 4.79 Å². The van der Waals surface area contributed by atoms with Gasteiger partial charge in [-0.05, 0) is 6.07 Å². The maximum Gasteiger partial charge on any atom is 0.326 e. The average molecular weight is 198 g/mol. The lowest BCUT2D eigenvalue weighted by atomic mass is 10.2. The number of aromatic nitrogens is 1. The summed E-state index contributed by atoms with van der Waals surface area (Å²) in [6, 6.07) is 0.515. The summed E-state index contributed by atoms with van der Waals surface area (Å²) < 4.78 is 0. The van der Waals surface area contributed by atoms with Crippen LogP contribution in [0, 0.1) is 0 Å². The van der Waals surface area contributed by atoms with Crippen LogP contribution in [0.25, 0.3) is 0 Å². The molecule has 76 valence electrons. The van der Waals surface area contributed by atoms with Gasteiger partial charge in [-0.2, -0.15) is 0 Å². The topological polar surface area (TPSA) is 102 Å². The second-order valence-electron chi connectivity index (χ2n) is 2.73. The third kappa shape index (κ3) is 2.81. The van der Waals surface area contributed by atoms with Crippen LogP contribution in [-0.4, -0.2) is 33.2 Å². The third-order valence-corrected chi connectivity index (χ3v) is 1.62. The van der Waals surface area contributed by atoms with Gasteiger partial charge in [-0.3, -0.25) is 4.79 Å². The summed E-state index contributed by atoms with van der Waals surface area (Å²) in [5.41, 5.74) is 0.554. The van der Waals surface area contributed by atoms with E-state index in [1.54, 1.807) is 18.5 Å². The number of aromatic amines is 1. The quantitative estimate of drug-likeness (QED) is 0.546. The Morgan fingerprint density at radius 2 is 2.21 bits per heavy atom. The normalized spacial score (nSPS) is 12.0. The molecule has 14 heavy (non-hydrogen) atoms. The largest absolute Gasteiger partial charge is 0.481 e. The molecule has 6 nitrogen and oxygen atoms in total. The number of carboxylic acids is 2. The van der Waals surface area contributed by atoms with E-state index in [2.05, 4.69) is 10.3 Å². The van der Waals surface area contributed by atoms with E-state index in [4.69, 9.17) is 10.2 Å². The Bertz CT molecular complexity index is 320. The first-order chi connectivity index (χ1) is 6.59. The Hall–Kier alpha value is -1.98. The van der Waals surface area contributed by atoms with Crippen molar-refractivity contribution in [1.29, 1.82) is 0 Å². The SMILES string of the molecule is O=C(O)CC(Nc1cc[nH]c1)C(=O)O. The minimum absolute atomic E-state index is 0.458. The van der Waals surface area contributed by atoms with Crippen LogP contribution in [0.15, 0.2) is 18.5 Å². The van der Waals surface area contributed by atoms with Crippen LogP contribution in [0.1, 0.15) is 6.42 Å². The zero-order chi connectivity index (χ0) is 10.6. The molecule has 0 aliphatic rings. The Balaban J connectivity index is 2.60. The smallest absolute Gasteiger partial charge is 0.326 e. The lowest BCUT2D eigenvalue weighted by molar-refractivity contribution is -0.144. The van der Waals surface area contributed by atoms with Crippen LogP contribution in [0.5, 0.6) is 0 Å². The van der Waals surface area contributed by atoms with E-state index in [1.807, 2.05) is 0 Å². The Morgan fingerprint density at radius 3 is 2.64 bits per heavy atom. The van der Waals surface area contributed by atoms with Crippen molar-refractivity contribution in [2.45, 2.75) is 12.5 Å². The predicted molar refractivity (Wildman–Crippen MR) is 48.1 cm³/mol. The minimum Gasteiger partial charge on any atom is -0.481 e. The van der Waals surface area contributed by atoms with Crippen molar-refractivity contribution in [2.24, 2.45) is 0 Å². The number of rotatable bonds is 5. The number of aliphatic carboxylic acids is 2. The van der Waals surface area contributed by atoms with Gasteiger partial charge in [0.2, 0.25) is 0 Å². The van der Waals surface area contributed by atoms with Crippen molar-refractivity contribution in [3.8, 4) is 0 Å². The number of anilines is 1. The van der Waals surface area contributed by atoms with E-state index in [-0.39, 0.29) is 0 Å². The molecule has 0 bridgehead atoms. The van der Waals surface area contributed by atoms with Crippen molar-refractivity contribution < 1.29 is 19.8 Å². The highest BCUT2D eigenvalue weighted by Gasteiger charge is 2.20. The van der Waals surface area contributed by atoms with E-state index in [9.17, 15) is 9.59 Å². The van der Waals surface area contributed by atoms with Crippen molar-refractivity contribution >= 4 is 17.6 Å². The second-order valence-corrected chi connectivity index (χ2v) is 2.73. The lowest BCUT2D eigenvalue weighted by Gasteiger charge is -2.11.